The first kappa shape index (κ1) is 13.3. The van der Waals surface area contributed by atoms with Gasteiger partial charge in [0.05, 0.1) is 11.1 Å². The molecule has 98 valence electrons. The van der Waals surface area contributed by atoms with Crippen LogP contribution in [0.3, 0.4) is 0 Å². The van der Waals surface area contributed by atoms with E-state index in [-0.39, 0.29) is 17.0 Å². The average molecular weight is 272 g/mol. The predicted octanol–water partition coefficient (Wildman–Crippen LogP) is 2.47. The molecule has 0 radical (unpaired) electrons. The lowest BCUT2D eigenvalue weighted by Gasteiger charge is -2.20. The summed E-state index contributed by atoms with van der Waals surface area (Å²) in [5.74, 6) is -0.689. The van der Waals surface area contributed by atoms with Crippen LogP contribution >= 0.6 is 11.6 Å². The van der Waals surface area contributed by atoms with Crippen molar-refractivity contribution >= 4 is 17.5 Å². The third kappa shape index (κ3) is 3.00. The number of likely N-dealkylation sites (tertiary alicyclic amines) is 1. The van der Waals surface area contributed by atoms with E-state index < -0.39 is 5.82 Å². The Morgan fingerprint density at radius 1 is 1.39 bits per heavy atom. The van der Waals surface area contributed by atoms with Gasteiger partial charge >= 0.3 is 0 Å². The molecule has 1 amide bonds. The lowest BCUT2D eigenvalue weighted by molar-refractivity contribution is 0.0753. The number of halogens is 2. The highest BCUT2D eigenvalue weighted by molar-refractivity contribution is 6.31. The molecule has 1 fully saturated rings. The van der Waals surface area contributed by atoms with Crippen LogP contribution in [-0.2, 0) is 0 Å². The Hall–Kier alpha value is -1.13. The fourth-order valence-electron chi connectivity index (χ4n) is 2.09. The first-order chi connectivity index (χ1) is 8.58. The van der Waals surface area contributed by atoms with Crippen LogP contribution in [0.1, 0.15) is 29.6 Å². The molecule has 1 unspecified atom stereocenters. The van der Waals surface area contributed by atoms with Crippen LogP contribution in [0.15, 0.2) is 18.2 Å². The number of rotatable bonds is 1. The highest BCUT2D eigenvalue weighted by atomic mass is 35.5. The zero-order chi connectivity index (χ0) is 13.1. The summed E-state index contributed by atoms with van der Waals surface area (Å²) in [6, 6.07) is 3.98. The van der Waals surface area contributed by atoms with Gasteiger partial charge in [-0.15, -0.1) is 0 Å². The number of aliphatic hydroxyl groups excluding tert-OH is 1. The van der Waals surface area contributed by atoms with Gasteiger partial charge in [0.15, 0.2) is 0 Å². The van der Waals surface area contributed by atoms with E-state index in [0.29, 0.717) is 31.5 Å². The van der Waals surface area contributed by atoms with Gasteiger partial charge in [0, 0.05) is 18.7 Å². The molecule has 1 aliphatic rings. The monoisotopic (exact) mass is 271 g/mol. The molecule has 18 heavy (non-hydrogen) atoms. The number of carbonyl (C=O) groups excluding carboxylic acids is 1. The van der Waals surface area contributed by atoms with Crippen molar-refractivity contribution < 1.29 is 14.3 Å². The van der Waals surface area contributed by atoms with Crippen molar-refractivity contribution in [3.05, 3.63) is 34.6 Å². The van der Waals surface area contributed by atoms with Crippen molar-refractivity contribution in [3.8, 4) is 0 Å². The van der Waals surface area contributed by atoms with Gasteiger partial charge in [-0.05, 0) is 37.5 Å². The Morgan fingerprint density at radius 3 is 2.89 bits per heavy atom. The number of nitrogens with zero attached hydrogens (tertiary/aromatic N) is 1. The van der Waals surface area contributed by atoms with Crippen LogP contribution in [0.5, 0.6) is 0 Å². The molecule has 0 aliphatic carbocycles. The van der Waals surface area contributed by atoms with Gasteiger partial charge in [-0.2, -0.15) is 0 Å². The van der Waals surface area contributed by atoms with Crippen LogP contribution in [0.2, 0.25) is 5.02 Å². The Labute approximate surface area is 110 Å². The number of carbonyl (C=O) groups is 1. The summed E-state index contributed by atoms with van der Waals surface area (Å²) in [5.41, 5.74) is 0.387. The number of benzene rings is 1. The van der Waals surface area contributed by atoms with Gasteiger partial charge in [-0.1, -0.05) is 11.6 Å². The average Bonchev–Trinajstić information content (AvgIpc) is 2.57. The number of aliphatic hydroxyl groups is 1. The predicted molar refractivity (Wildman–Crippen MR) is 67.2 cm³/mol. The maximum atomic E-state index is 13.0. The second-order valence-electron chi connectivity index (χ2n) is 4.51. The first-order valence-electron chi connectivity index (χ1n) is 6.00. The molecule has 1 heterocycles. The minimum absolute atomic E-state index is 0.0456. The summed E-state index contributed by atoms with van der Waals surface area (Å²) in [7, 11) is 0. The van der Waals surface area contributed by atoms with Gasteiger partial charge in [0.2, 0.25) is 0 Å². The van der Waals surface area contributed by atoms with Gasteiger partial charge in [0.1, 0.15) is 5.82 Å². The van der Waals surface area contributed by atoms with Crippen LogP contribution in [0.25, 0.3) is 0 Å². The third-order valence-electron chi connectivity index (χ3n) is 3.15. The second kappa shape index (κ2) is 5.67. The Morgan fingerprint density at radius 2 is 2.17 bits per heavy atom. The van der Waals surface area contributed by atoms with Crippen molar-refractivity contribution in [1.29, 1.82) is 0 Å². The standard InChI is InChI=1S/C13H15ClFNO2/c14-11-8-9(3-4-12(11)15)13(18)16-6-1-2-10(17)5-7-16/h3-4,8,10,17H,1-2,5-7H2. The third-order valence-corrected chi connectivity index (χ3v) is 3.44. The van der Waals surface area contributed by atoms with Crippen molar-refractivity contribution in [1.82, 2.24) is 4.90 Å². The Kier molecular flexibility index (Phi) is 4.19. The van der Waals surface area contributed by atoms with Gasteiger partial charge in [-0.25, -0.2) is 4.39 Å². The van der Waals surface area contributed by atoms with E-state index in [2.05, 4.69) is 0 Å². The van der Waals surface area contributed by atoms with E-state index in [1.165, 1.54) is 18.2 Å². The zero-order valence-corrected chi connectivity index (χ0v) is 10.7. The zero-order valence-electron chi connectivity index (χ0n) is 9.90. The molecule has 3 nitrogen and oxygen atoms in total. The van der Waals surface area contributed by atoms with Crippen molar-refractivity contribution in [2.24, 2.45) is 0 Å². The summed E-state index contributed by atoms with van der Waals surface area (Å²) in [6.07, 6.45) is 1.75. The van der Waals surface area contributed by atoms with Gasteiger partial charge < -0.3 is 10.0 Å². The molecule has 0 spiro atoms. The fraction of sp³-hybridized carbons (Fsp3) is 0.462. The highest BCUT2D eigenvalue weighted by Gasteiger charge is 2.20. The normalized spacial score (nSPS) is 20.6. The van der Waals surface area contributed by atoms with E-state index in [1.54, 1.807) is 4.90 Å². The number of hydrogen-bond acceptors (Lipinski definition) is 2. The van der Waals surface area contributed by atoms with Crippen LogP contribution in [0.4, 0.5) is 4.39 Å². The fourth-order valence-corrected chi connectivity index (χ4v) is 2.27. The SMILES string of the molecule is O=C(c1ccc(F)c(Cl)c1)N1CCCC(O)CC1. The Balaban J connectivity index is 2.12. The first-order valence-corrected chi connectivity index (χ1v) is 6.38. The van der Waals surface area contributed by atoms with E-state index >= 15 is 0 Å². The van der Waals surface area contributed by atoms with Crippen molar-refractivity contribution in [3.63, 3.8) is 0 Å². The van der Waals surface area contributed by atoms with Crippen LogP contribution in [-0.4, -0.2) is 35.1 Å². The van der Waals surface area contributed by atoms with Crippen molar-refractivity contribution in [2.75, 3.05) is 13.1 Å². The van der Waals surface area contributed by atoms with E-state index in [0.717, 1.165) is 6.42 Å². The molecule has 1 atom stereocenters. The van der Waals surface area contributed by atoms with Gasteiger partial charge in [-0.3, -0.25) is 4.79 Å². The molecule has 1 aliphatic heterocycles. The summed E-state index contributed by atoms with van der Waals surface area (Å²) < 4.78 is 13.0. The summed E-state index contributed by atoms with van der Waals surface area (Å²) in [4.78, 5) is 13.9. The largest absolute Gasteiger partial charge is 0.393 e. The molecule has 1 aromatic carbocycles. The molecule has 1 N–H and O–H groups in total. The summed E-state index contributed by atoms with van der Waals surface area (Å²) >= 11 is 5.67. The lowest BCUT2D eigenvalue weighted by Crippen LogP contribution is -2.32. The maximum absolute atomic E-state index is 13.0. The Bertz CT molecular complexity index is 453. The maximum Gasteiger partial charge on any atom is 0.253 e. The summed E-state index contributed by atoms with van der Waals surface area (Å²) in [5, 5.41) is 9.49. The molecule has 0 saturated carbocycles. The molecule has 1 saturated heterocycles. The summed E-state index contributed by atoms with van der Waals surface area (Å²) in [6.45, 7) is 1.14. The quantitative estimate of drug-likeness (QED) is 0.852. The highest BCUT2D eigenvalue weighted by Crippen LogP contribution is 2.19. The second-order valence-corrected chi connectivity index (χ2v) is 4.91. The van der Waals surface area contributed by atoms with Crippen LogP contribution < -0.4 is 0 Å². The lowest BCUT2D eigenvalue weighted by atomic mass is 10.2. The molecular formula is C13H15ClFNO2. The number of hydrogen-bond donors (Lipinski definition) is 1. The molecular weight excluding hydrogens is 257 g/mol. The molecule has 1 aromatic rings. The molecule has 5 heteroatoms. The van der Waals surface area contributed by atoms with Crippen LogP contribution in [0, 0.1) is 5.82 Å². The molecule has 0 bridgehead atoms. The number of amides is 1. The van der Waals surface area contributed by atoms with E-state index in [1.807, 2.05) is 0 Å². The minimum Gasteiger partial charge on any atom is -0.393 e. The minimum atomic E-state index is -0.528. The van der Waals surface area contributed by atoms with E-state index in [4.69, 9.17) is 11.6 Å². The topological polar surface area (TPSA) is 40.5 Å². The van der Waals surface area contributed by atoms with Crippen molar-refractivity contribution in [2.45, 2.75) is 25.4 Å². The molecule has 2 rings (SSSR count). The smallest absolute Gasteiger partial charge is 0.253 e. The van der Waals surface area contributed by atoms with Gasteiger partial charge in [0.25, 0.3) is 5.91 Å². The molecule has 0 aromatic heterocycles. The van der Waals surface area contributed by atoms with E-state index in [9.17, 15) is 14.3 Å².